The van der Waals surface area contributed by atoms with Crippen LogP contribution in [0.2, 0.25) is 0 Å². The first-order valence-electron chi connectivity index (χ1n) is 15.1. The zero-order valence-electron chi connectivity index (χ0n) is 26.1. The molecule has 0 amide bonds. The van der Waals surface area contributed by atoms with Crippen LogP contribution in [0, 0.1) is 0 Å². The number of fused-ring (bicyclic) bond motifs is 3. The Kier molecular flexibility index (Phi) is 8.26. The van der Waals surface area contributed by atoms with Crippen LogP contribution >= 0.6 is 23.1 Å². The Bertz CT molecular complexity index is 1960. The maximum atomic E-state index is 13.5. The lowest BCUT2D eigenvalue weighted by Crippen LogP contribution is -2.45. The second kappa shape index (κ2) is 12.4. The molecule has 14 heteroatoms. The van der Waals surface area contributed by atoms with Crippen molar-refractivity contribution in [2.75, 3.05) is 44.3 Å². The molecule has 0 aliphatic carbocycles. The van der Waals surface area contributed by atoms with Crippen molar-refractivity contribution in [1.29, 1.82) is 0 Å². The normalized spacial score (nSPS) is 18.2. The molecule has 2 bridgehead atoms. The quantitative estimate of drug-likeness (QED) is 0.184. The molecule has 2 aliphatic rings. The topological polar surface area (TPSA) is 132 Å². The van der Waals surface area contributed by atoms with Crippen LogP contribution in [0.1, 0.15) is 18.4 Å². The summed E-state index contributed by atoms with van der Waals surface area (Å²) < 4.78 is 27.6. The number of aryl methyl sites for hydroxylation is 1. The number of hydrogen-bond acceptors (Lipinski definition) is 11. The highest BCUT2D eigenvalue weighted by Crippen LogP contribution is 2.42. The molecule has 46 heavy (non-hydrogen) atoms. The molecular formula is C32H35BrN9O3P. The number of anilines is 4. The molecule has 2 unspecified atom stereocenters. The molecule has 0 radical (unpaired) electrons. The maximum absolute atomic E-state index is 13.5. The number of morpholine rings is 1. The Morgan fingerprint density at radius 2 is 1.83 bits per heavy atom. The highest BCUT2D eigenvalue weighted by Gasteiger charge is 2.37. The van der Waals surface area contributed by atoms with Crippen LogP contribution in [-0.2, 0) is 22.9 Å². The molecule has 2 atom stereocenters. The molecule has 0 spiro atoms. The molecule has 2 aromatic carbocycles. The first-order chi connectivity index (χ1) is 22.2. The fourth-order valence-corrected chi connectivity index (χ4v) is 8.13. The Morgan fingerprint density at radius 3 is 2.54 bits per heavy atom. The molecule has 2 saturated heterocycles. The van der Waals surface area contributed by atoms with E-state index in [2.05, 4.69) is 63.6 Å². The van der Waals surface area contributed by atoms with Crippen molar-refractivity contribution in [3.05, 3.63) is 65.3 Å². The van der Waals surface area contributed by atoms with Gasteiger partial charge >= 0.3 is 0 Å². The summed E-state index contributed by atoms with van der Waals surface area (Å²) in [6.45, 7) is 5.79. The van der Waals surface area contributed by atoms with E-state index in [0.29, 0.717) is 56.1 Å². The van der Waals surface area contributed by atoms with Gasteiger partial charge in [0.2, 0.25) is 5.95 Å². The first-order valence-corrected chi connectivity index (χ1v) is 18.5. The lowest BCUT2D eigenvalue weighted by atomic mass is 9.99. The summed E-state index contributed by atoms with van der Waals surface area (Å²) in [7, 11) is 0.826. The molecule has 238 valence electrons. The Labute approximate surface area is 275 Å². The second-order valence-electron chi connectivity index (χ2n) is 12.1. The summed E-state index contributed by atoms with van der Waals surface area (Å²) in [6.07, 6.45) is 11.1. The molecule has 2 fully saturated rings. The predicted octanol–water partition coefficient (Wildman–Crippen LogP) is 5.69. The summed E-state index contributed by atoms with van der Waals surface area (Å²) in [6, 6.07) is 8.74. The van der Waals surface area contributed by atoms with E-state index in [-0.39, 0.29) is 0 Å². The first kappa shape index (κ1) is 30.7. The van der Waals surface area contributed by atoms with Crippen LogP contribution in [0.5, 0.6) is 5.75 Å². The van der Waals surface area contributed by atoms with Crippen LogP contribution in [0.3, 0.4) is 0 Å². The number of hydrogen-bond donors (Lipinski definition) is 2. The number of methoxy groups -OCH3 is 1. The van der Waals surface area contributed by atoms with Crippen molar-refractivity contribution >= 4 is 62.6 Å². The van der Waals surface area contributed by atoms with E-state index in [9.17, 15) is 4.57 Å². The average Bonchev–Trinajstić information content (AvgIpc) is 3.55. The van der Waals surface area contributed by atoms with E-state index in [1.807, 2.05) is 36.3 Å². The number of nitrogens with one attached hydrogen (secondary N) is 2. The summed E-state index contributed by atoms with van der Waals surface area (Å²) in [5.41, 5.74) is 5.86. The lowest BCUT2D eigenvalue weighted by Gasteiger charge is -2.35. The van der Waals surface area contributed by atoms with Gasteiger partial charge in [0.1, 0.15) is 24.2 Å². The number of benzene rings is 2. The van der Waals surface area contributed by atoms with Gasteiger partial charge in [-0.2, -0.15) is 10.1 Å². The minimum absolute atomic E-state index is 0.360. The highest BCUT2D eigenvalue weighted by atomic mass is 79.9. The summed E-state index contributed by atoms with van der Waals surface area (Å²) in [5.74, 6) is 1.54. The van der Waals surface area contributed by atoms with Gasteiger partial charge < -0.3 is 24.7 Å². The van der Waals surface area contributed by atoms with E-state index in [0.717, 1.165) is 55.0 Å². The van der Waals surface area contributed by atoms with Gasteiger partial charge in [0.05, 0.1) is 53.2 Å². The standard InChI is InChI=1S/C32H35BrN9O3P/c1-41-15-20(13-37-41)23-12-27(28(44-2)11-19(23)16-42-21-5-6-22(42)18-45-17-21)39-32-36-14-24(33)31(40-32)38-26-8-7-25-29(35-10-9-34-25)30(26)46(3,4)43/h7-15,21-22H,5-6,16-18H2,1-4H3,(H2,36,38,39,40). The van der Waals surface area contributed by atoms with Crippen LogP contribution in [0.15, 0.2) is 59.7 Å². The average molecular weight is 705 g/mol. The van der Waals surface area contributed by atoms with Gasteiger partial charge in [-0.25, -0.2) is 4.98 Å². The smallest absolute Gasteiger partial charge is 0.229 e. The molecule has 5 heterocycles. The fraction of sp³-hybridized carbons (Fsp3) is 0.344. The lowest BCUT2D eigenvalue weighted by molar-refractivity contribution is -0.0186. The van der Waals surface area contributed by atoms with Crippen LogP contribution < -0.4 is 20.7 Å². The molecule has 7 rings (SSSR count). The van der Waals surface area contributed by atoms with Gasteiger partial charge in [-0.3, -0.25) is 19.5 Å². The van der Waals surface area contributed by atoms with E-state index in [1.165, 1.54) is 0 Å². The number of rotatable bonds is 9. The van der Waals surface area contributed by atoms with Crippen molar-refractivity contribution in [3.63, 3.8) is 0 Å². The Morgan fingerprint density at radius 1 is 1.04 bits per heavy atom. The molecule has 12 nitrogen and oxygen atoms in total. The minimum Gasteiger partial charge on any atom is -0.495 e. The van der Waals surface area contributed by atoms with Crippen molar-refractivity contribution < 1.29 is 14.0 Å². The van der Waals surface area contributed by atoms with Gasteiger partial charge in [0, 0.05) is 56.0 Å². The molecule has 0 saturated carbocycles. The van der Waals surface area contributed by atoms with Crippen LogP contribution in [0.4, 0.5) is 23.1 Å². The third-order valence-electron chi connectivity index (χ3n) is 8.58. The van der Waals surface area contributed by atoms with Crippen LogP contribution in [0.25, 0.3) is 22.2 Å². The van der Waals surface area contributed by atoms with Gasteiger partial charge in [0.25, 0.3) is 0 Å². The molecule has 2 N–H and O–H groups in total. The van der Waals surface area contributed by atoms with Crippen molar-refractivity contribution in [2.45, 2.75) is 31.5 Å². The summed E-state index contributed by atoms with van der Waals surface area (Å²) >= 11 is 3.58. The number of halogens is 1. The zero-order valence-corrected chi connectivity index (χ0v) is 28.5. The third-order valence-corrected chi connectivity index (χ3v) is 10.7. The highest BCUT2D eigenvalue weighted by molar-refractivity contribution is 9.10. The summed E-state index contributed by atoms with van der Waals surface area (Å²) in [5, 5.41) is 11.8. The number of aromatic nitrogens is 6. The predicted molar refractivity (Wildman–Crippen MR) is 183 cm³/mol. The second-order valence-corrected chi connectivity index (χ2v) is 16.1. The molecule has 5 aromatic rings. The largest absolute Gasteiger partial charge is 0.495 e. The third kappa shape index (κ3) is 6.00. The SMILES string of the molecule is COc1cc(CN2C3CCC2COC3)c(-c2cnn(C)c2)cc1Nc1ncc(Br)c(Nc2ccc3nccnc3c2P(C)(C)=O)n1. The van der Waals surface area contributed by atoms with Crippen LogP contribution in [-0.4, -0.2) is 80.4 Å². The van der Waals surface area contributed by atoms with Gasteiger partial charge in [-0.05, 0) is 77.5 Å². The van der Waals surface area contributed by atoms with Crippen molar-refractivity contribution in [1.82, 2.24) is 34.6 Å². The van der Waals surface area contributed by atoms with E-state index < -0.39 is 7.14 Å². The van der Waals surface area contributed by atoms with Crippen molar-refractivity contribution in [3.8, 4) is 16.9 Å². The Balaban J connectivity index is 1.24. The van der Waals surface area contributed by atoms with E-state index in [4.69, 9.17) is 14.5 Å². The van der Waals surface area contributed by atoms with E-state index in [1.54, 1.807) is 39.0 Å². The van der Waals surface area contributed by atoms with Gasteiger partial charge in [0.15, 0.2) is 0 Å². The number of ether oxygens (including phenoxy) is 2. The minimum atomic E-state index is -2.76. The summed E-state index contributed by atoms with van der Waals surface area (Å²) in [4.78, 5) is 20.8. The fourth-order valence-electron chi connectivity index (χ4n) is 6.45. The van der Waals surface area contributed by atoms with E-state index >= 15 is 0 Å². The molecule has 3 aromatic heterocycles. The monoisotopic (exact) mass is 703 g/mol. The van der Waals surface area contributed by atoms with Gasteiger partial charge in [-0.15, -0.1) is 0 Å². The van der Waals surface area contributed by atoms with Crippen molar-refractivity contribution in [2.24, 2.45) is 7.05 Å². The maximum Gasteiger partial charge on any atom is 0.229 e. The molecule has 2 aliphatic heterocycles. The Hall–Kier alpha value is -3.90. The number of nitrogens with zero attached hydrogens (tertiary/aromatic N) is 7. The van der Waals surface area contributed by atoms with Gasteiger partial charge in [-0.1, -0.05) is 0 Å². The zero-order chi connectivity index (χ0) is 32.0. The molecular weight excluding hydrogens is 669 g/mol.